The lowest BCUT2D eigenvalue weighted by molar-refractivity contribution is 0.0985. The second-order valence-electron chi connectivity index (χ2n) is 10.2. The highest BCUT2D eigenvalue weighted by atomic mass is 32.2. The van der Waals surface area contributed by atoms with Crippen LogP contribution in [-0.4, -0.2) is 76.3 Å². The molecule has 1 saturated heterocycles. The Kier molecular flexibility index (Phi) is 8.42. The molecule has 10 heteroatoms. The molecular weight excluding hydrogens is 510 g/mol. The van der Waals surface area contributed by atoms with Gasteiger partial charge in [-0.15, -0.1) is 0 Å². The highest BCUT2D eigenvalue weighted by Crippen LogP contribution is 2.36. The average molecular weight is 548 g/mol. The fourth-order valence-corrected chi connectivity index (χ4v) is 5.63. The molecule has 2 N–H and O–H groups in total. The van der Waals surface area contributed by atoms with Crippen LogP contribution in [0.4, 0.5) is 22.0 Å². The van der Waals surface area contributed by atoms with E-state index in [1.807, 2.05) is 73.1 Å². The summed E-state index contributed by atoms with van der Waals surface area (Å²) in [6.45, 7) is 7.30. The van der Waals surface area contributed by atoms with E-state index in [1.54, 1.807) is 15.8 Å². The lowest BCUT2D eigenvalue weighted by Crippen LogP contribution is -2.51. The van der Waals surface area contributed by atoms with Gasteiger partial charge in [0.25, 0.3) is 5.91 Å². The van der Waals surface area contributed by atoms with E-state index in [0.29, 0.717) is 18.7 Å². The summed E-state index contributed by atoms with van der Waals surface area (Å²) in [5.74, 6) is 1.99. The SMILES string of the molecule is CSCCCN1CCN(C(=O)NCc2ccc(C(=O)N3Cc4cnn(C)c4Nc4ccccc43)cc2C)CC1. The first-order chi connectivity index (χ1) is 18.9. The zero-order valence-corrected chi connectivity index (χ0v) is 23.8. The molecule has 206 valence electrons. The predicted octanol–water partition coefficient (Wildman–Crippen LogP) is 4.21. The molecule has 0 unspecified atom stereocenters. The van der Waals surface area contributed by atoms with Gasteiger partial charge in [0.05, 0.1) is 24.1 Å². The summed E-state index contributed by atoms with van der Waals surface area (Å²) >= 11 is 1.88. The van der Waals surface area contributed by atoms with E-state index in [2.05, 4.69) is 26.9 Å². The van der Waals surface area contributed by atoms with Gasteiger partial charge in [0.1, 0.15) is 5.82 Å². The Morgan fingerprint density at radius 1 is 1.10 bits per heavy atom. The van der Waals surface area contributed by atoms with Gasteiger partial charge >= 0.3 is 6.03 Å². The first-order valence-electron chi connectivity index (χ1n) is 13.5. The van der Waals surface area contributed by atoms with Crippen LogP contribution in [0.3, 0.4) is 0 Å². The number of carbonyl (C=O) groups is 2. The number of para-hydroxylation sites is 2. The normalized spacial score (nSPS) is 15.3. The number of nitrogens with one attached hydrogen (secondary N) is 2. The predicted molar refractivity (Wildman–Crippen MR) is 158 cm³/mol. The Hall–Kier alpha value is -3.50. The fourth-order valence-electron chi connectivity index (χ4n) is 5.21. The monoisotopic (exact) mass is 547 g/mol. The third-order valence-corrected chi connectivity index (χ3v) is 8.23. The van der Waals surface area contributed by atoms with Gasteiger partial charge in [-0.2, -0.15) is 16.9 Å². The number of rotatable bonds is 7. The summed E-state index contributed by atoms with van der Waals surface area (Å²) < 4.78 is 1.79. The van der Waals surface area contributed by atoms with Crippen molar-refractivity contribution in [3.05, 3.63) is 70.9 Å². The van der Waals surface area contributed by atoms with Crippen LogP contribution in [0.1, 0.15) is 33.5 Å². The number of nitrogens with zero attached hydrogens (tertiary/aromatic N) is 5. The summed E-state index contributed by atoms with van der Waals surface area (Å²) in [5.41, 5.74) is 5.24. The summed E-state index contributed by atoms with van der Waals surface area (Å²) in [5, 5.41) is 10.9. The van der Waals surface area contributed by atoms with Crippen LogP contribution in [0.5, 0.6) is 0 Å². The molecule has 0 saturated carbocycles. The highest BCUT2D eigenvalue weighted by molar-refractivity contribution is 7.98. The average Bonchev–Trinajstić information content (AvgIpc) is 3.19. The van der Waals surface area contributed by atoms with Gasteiger partial charge in [-0.3, -0.25) is 14.4 Å². The zero-order chi connectivity index (χ0) is 27.4. The van der Waals surface area contributed by atoms with E-state index in [9.17, 15) is 9.59 Å². The Labute approximate surface area is 234 Å². The van der Waals surface area contributed by atoms with Gasteiger partial charge in [0, 0.05) is 50.9 Å². The molecule has 39 heavy (non-hydrogen) atoms. The zero-order valence-electron chi connectivity index (χ0n) is 22.9. The fraction of sp³-hybridized carbons (Fsp3) is 0.414. The Morgan fingerprint density at radius 2 is 1.90 bits per heavy atom. The number of thioether (sulfide) groups is 1. The van der Waals surface area contributed by atoms with Crippen molar-refractivity contribution in [3.63, 3.8) is 0 Å². The topological polar surface area (TPSA) is 85.7 Å². The first kappa shape index (κ1) is 27.1. The third-order valence-electron chi connectivity index (χ3n) is 7.54. The summed E-state index contributed by atoms with van der Waals surface area (Å²) in [6.07, 6.45) is 5.13. The lowest BCUT2D eigenvalue weighted by Gasteiger charge is -2.34. The highest BCUT2D eigenvalue weighted by Gasteiger charge is 2.27. The molecule has 0 aliphatic carbocycles. The molecule has 5 rings (SSSR count). The summed E-state index contributed by atoms with van der Waals surface area (Å²) in [7, 11) is 1.89. The number of hydrogen-bond acceptors (Lipinski definition) is 6. The van der Waals surface area contributed by atoms with Gasteiger partial charge in [-0.1, -0.05) is 18.2 Å². The molecule has 0 radical (unpaired) electrons. The molecule has 9 nitrogen and oxygen atoms in total. The molecule has 0 atom stereocenters. The number of benzene rings is 2. The van der Waals surface area contributed by atoms with E-state index in [4.69, 9.17) is 0 Å². The number of urea groups is 1. The number of fused-ring (bicyclic) bond motifs is 2. The van der Waals surface area contributed by atoms with Crippen molar-refractivity contribution in [2.24, 2.45) is 7.05 Å². The van der Waals surface area contributed by atoms with Crippen molar-refractivity contribution in [2.75, 3.05) is 54.9 Å². The minimum absolute atomic E-state index is 0.0285. The second-order valence-corrected chi connectivity index (χ2v) is 11.1. The molecule has 0 bridgehead atoms. The summed E-state index contributed by atoms with van der Waals surface area (Å²) in [6, 6.07) is 13.5. The first-order valence-corrected chi connectivity index (χ1v) is 14.9. The van der Waals surface area contributed by atoms with Crippen LogP contribution < -0.4 is 15.5 Å². The van der Waals surface area contributed by atoms with Crippen LogP contribution >= 0.6 is 11.8 Å². The molecule has 3 amide bonds. The van der Waals surface area contributed by atoms with Gasteiger partial charge < -0.3 is 20.4 Å². The van der Waals surface area contributed by atoms with E-state index in [1.165, 1.54) is 12.2 Å². The third kappa shape index (κ3) is 6.07. The van der Waals surface area contributed by atoms with Crippen LogP contribution in [0, 0.1) is 6.92 Å². The van der Waals surface area contributed by atoms with Crippen molar-refractivity contribution in [3.8, 4) is 0 Å². The number of piperazine rings is 1. The van der Waals surface area contributed by atoms with Crippen molar-refractivity contribution in [1.29, 1.82) is 0 Å². The van der Waals surface area contributed by atoms with Gasteiger partial charge in [0.2, 0.25) is 0 Å². The maximum absolute atomic E-state index is 13.8. The molecular formula is C29H37N7O2S. The van der Waals surface area contributed by atoms with Crippen LogP contribution in [-0.2, 0) is 20.1 Å². The summed E-state index contributed by atoms with van der Waals surface area (Å²) in [4.78, 5) is 32.7. The van der Waals surface area contributed by atoms with Crippen LogP contribution in [0.15, 0.2) is 48.7 Å². The molecule has 1 aromatic heterocycles. The van der Waals surface area contributed by atoms with E-state index < -0.39 is 0 Å². The van der Waals surface area contributed by atoms with Crippen molar-refractivity contribution >= 4 is 40.9 Å². The number of carbonyl (C=O) groups excluding carboxylic acids is 2. The number of aromatic nitrogens is 2. The Bertz CT molecular complexity index is 1330. The number of aryl methyl sites for hydroxylation is 2. The van der Waals surface area contributed by atoms with Gasteiger partial charge in [0.15, 0.2) is 0 Å². The number of amides is 3. The molecule has 2 aliphatic rings. The molecule has 2 aromatic carbocycles. The smallest absolute Gasteiger partial charge is 0.317 e. The van der Waals surface area contributed by atoms with Crippen molar-refractivity contribution in [1.82, 2.24) is 24.9 Å². The van der Waals surface area contributed by atoms with Crippen LogP contribution in [0.2, 0.25) is 0 Å². The molecule has 1 fully saturated rings. The number of hydrogen-bond donors (Lipinski definition) is 2. The number of anilines is 3. The Balaban J connectivity index is 1.22. The molecule has 2 aliphatic heterocycles. The van der Waals surface area contributed by atoms with Gasteiger partial charge in [-0.05, 0) is 67.3 Å². The quantitative estimate of drug-likeness (QED) is 0.431. The minimum Gasteiger partial charge on any atom is -0.338 e. The van der Waals surface area contributed by atoms with Crippen molar-refractivity contribution in [2.45, 2.75) is 26.4 Å². The lowest BCUT2D eigenvalue weighted by atomic mass is 10.0. The van der Waals surface area contributed by atoms with Crippen molar-refractivity contribution < 1.29 is 9.59 Å². The largest absolute Gasteiger partial charge is 0.338 e. The molecule has 3 heterocycles. The van der Waals surface area contributed by atoms with Crippen LogP contribution in [0.25, 0.3) is 0 Å². The van der Waals surface area contributed by atoms with E-state index in [0.717, 1.165) is 66.6 Å². The van der Waals surface area contributed by atoms with Gasteiger partial charge in [-0.25, -0.2) is 4.79 Å². The van der Waals surface area contributed by atoms with E-state index in [-0.39, 0.29) is 11.9 Å². The maximum atomic E-state index is 13.8. The Morgan fingerprint density at radius 3 is 2.67 bits per heavy atom. The molecule has 0 spiro atoms. The maximum Gasteiger partial charge on any atom is 0.317 e. The minimum atomic E-state index is -0.0740. The molecule has 3 aromatic rings. The standard InChI is InChI=1S/C29H37N7O2S/c1-21-17-22(9-10-23(21)18-30-29(38)35-14-12-34(13-15-35)11-6-16-39-3)28(37)36-20-24-19-31-33(2)27(24)32-25-7-4-5-8-26(25)36/h4-5,7-10,17,19,32H,6,11-16,18,20H2,1-3H3,(H,30,38). The van der Waals surface area contributed by atoms with E-state index >= 15 is 0 Å². The second kappa shape index (κ2) is 12.1.